The molecule has 0 bridgehead atoms. The normalized spacial score (nSPS) is 13.2. The first-order chi connectivity index (χ1) is 5.49. The number of aliphatic imine (C=N–C) groups is 1. The van der Waals surface area contributed by atoms with E-state index in [2.05, 4.69) is 31.8 Å². The highest BCUT2D eigenvalue weighted by Crippen LogP contribution is 2.06. The Morgan fingerprint density at radius 1 is 1.00 bits per heavy atom. The molecule has 0 unspecified atom stereocenters. The van der Waals surface area contributed by atoms with E-state index < -0.39 is 0 Å². The van der Waals surface area contributed by atoms with Crippen LogP contribution in [0.15, 0.2) is 27.9 Å². The van der Waals surface area contributed by atoms with Crippen molar-refractivity contribution in [1.29, 1.82) is 0 Å². The molecule has 68 valence electrons. The molecule has 0 heterocycles. The molecule has 0 saturated heterocycles. The largest absolute Gasteiger partial charge is 0.258 e. The predicted molar refractivity (Wildman–Crippen MR) is 56.6 cm³/mol. The van der Waals surface area contributed by atoms with Gasteiger partial charge in [0, 0.05) is 11.4 Å². The van der Waals surface area contributed by atoms with Crippen LogP contribution in [0.1, 0.15) is 41.5 Å². The SMILES string of the molecule is C/C=C(C)/C(C)=N\C(C)=C(C)C. The lowest BCUT2D eigenvalue weighted by Gasteiger charge is -2.01. The summed E-state index contributed by atoms with van der Waals surface area (Å²) in [6.45, 7) is 12.4. The summed E-state index contributed by atoms with van der Waals surface area (Å²) in [6.07, 6.45) is 2.08. The monoisotopic (exact) mass is 165 g/mol. The van der Waals surface area contributed by atoms with E-state index in [4.69, 9.17) is 0 Å². The number of hydrogen-bond acceptors (Lipinski definition) is 1. The summed E-state index contributed by atoms with van der Waals surface area (Å²) in [6, 6.07) is 0. The summed E-state index contributed by atoms with van der Waals surface area (Å²) in [7, 11) is 0. The zero-order valence-electron chi connectivity index (χ0n) is 9.02. The minimum Gasteiger partial charge on any atom is -0.258 e. The van der Waals surface area contributed by atoms with Crippen molar-refractivity contribution in [3.63, 3.8) is 0 Å². The van der Waals surface area contributed by atoms with Crippen LogP contribution in [0.4, 0.5) is 0 Å². The van der Waals surface area contributed by atoms with Gasteiger partial charge < -0.3 is 0 Å². The molecule has 0 aliphatic carbocycles. The zero-order valence-corrected chi connectivity index (χ0v) is 9.02. The van der Waals surface area contributed by atoms with Crippen LogP contribution in [0.2, 0.25) is 0 Å². The second-order valence-corrected chi connectivity index (χ2v) is 3.25. The highest BCUT2D eigenvalue weighted by atomic mass is 14.7. The Hall–Kier alpha value is -0.850. The molecule has 0 N–H and O–H groups in total. The van der Waals surface area contributed by atoms with Crippen molar-refractivity contribution >= 4 is 5.71 Å². The highest BCUT2D eigenvalue weighted by Gasteiger charge is 1.94. The first kappa shape index (κ1) is 11.2. The molecule has 1 heteroatoms. The second kappa shape index (κ2) is 4.91. The van der Waals surface area contributed by atoms with E-state index in [-0.39, 0.29) is 0 Å². The summed E-state index contributed by atoms with van der Waals surface area (Å²) in [4.78, 5) is 4.48. The van der Waals surface area contributed by atoms with Gasteiger partial charge in [-0.1, -0.05) is 11.6 Å². The van der Waals surface area contributed by atoms with Gasteiger partial charge in [-0.2, -0.15) is 0 Å². The Morgan fingerprint density at radius 3 is 1.83 bits per heavy atom. The molecule has 0 amide bonds. The van der Waals surface area contributed by atoms with Crippen molar-refractivity contribution in [2.75, 3.05) is 0 Å². The molecule has 0 aromatic rings. The first-order valence-electron chi connectivity index (χ1n) is 4.31. The van der Waals surface area contributed by atoms with Gasteiger partial charge >= 0.3 is 0 Å². The molecule has 1 nitrogen and oxygen atoms in total. The lowest BCUT2D eigenvalue weighted by atomic mass is 10.2. The average Bonchev–Trinajstić information content (AvgIpc) is 2.02. The van der Waals surface area contributed by atoms with E-state index in [1.165, 1.54) is 11.1 Å². The maximum Gasteiger partial charge on any atom is 0.0401 e. The molecular weight excluding hydrogens is 146 g/mol. The van der Waals surface area contributed by atoms with Gasteiger partial charge in [-0.15, -0.1) is 0 Å². The lowest BCUT2D eigenvalue weighted by molar-refractivity contribution is 1.18. The summed E-state index contributed by atoms with van der Waals surface area (Å²) >= 11 is 0. The summed E-state index contributed by atoms with van der Waals surface area (Å²) < 4.78 is 0. The Bertz CT molecular complexity index is 238. The Kier molecular flexibility index (Phi) is 4.57. The molecular formula is C11H19N. The van der Waals surface area contributed by atoms with Crippen molar-refractivity contribution in [1.82, 2.24) is 0 Å². The maximum absolute atomic E-state index is 4.48. The van der Waals surface area contributed by atoms with E-state index in [1.807, 2.05) is 20.8 Å². The average molecular weight is 165 g/mol. The van der Waals surface area contributed by atoms with E-state index >= 15 is 0 Å². The third-order valence-electron chi connectivity index (χ3n) is 2.06. The molecule has 12 heavy (non-hydrogen) atoms. The fourth-order valence-electron chi connectivity index (χ4n) is 0.660. The molecule has 0 aliphatic heterocycles. The van der Waals surface area contributed by atoms with E-state index in [0.717, 1.165) is 11.4 Å². The zero-order chi connectivity index (χ0) is 9.72. The molecule has 0 radical (unpaired) electrons. The van der Waals surface area contributed by atoms with Crippen molar-refractivity contribution < 1.29 is 0 Å². The second-order valence-electron chi connectivity index (χ2n) is 3.25. The number of hydrogen-bond donors (Lipinski definition) is 0. The summed E-state index contributed by atoms with van der Waals surface area (Å²) in [5.41, 5.74) is 4.75. The van der Waals surface area contributed by atoms with Gasteiger partial charge in [-0.25, -0.2) is 0 Å². The molecule has 0 atom stereocenters. The molecule has 0 aromatic carbocycles. The third kappa shape index (κ3) is 3.51. The maximum atomic E-state index is 4.48. The van der Waals surface area contributed by atoms with Crippen LogP contribution in [-0.4, -0.2) is 5.71 Å². The van der Waals surface area contributed by atoms with Crippen LogP contribution in [0.5, 0.6) is 0 Å². The first-order valence-corrected chi connectivity index (χ1v) is 4.31. The van der Waals surface area contributed by atoms with Crippen molar-refractivity contribution in [2.24, 2.45) is 4.99 Å². The third-order valence-corrected chi connectivity index (χ3v) is 2.06. The Labute approximate surface area is 75.9 Å². The number of allylic oxidation sites excluding steroid dienone is 4. The van der Waals surface area contributed by atoms with Gasteiger partial charge in [-0.3, -0.25) is 4.99 Å². The van der Waals surface area contributed by atoms with Gasteiger partial charge in [0.15, 0.2) is 0 Å². The molecule has 0 aromatic heterocycles. The van der Waals surface area contributed by atoms with E-state index in [1.54, 1.807) is 0 Å². The van der Waals surface area contributed by atoms with Crippen LogP contribution in [0.25, 0.3) is 0 Å². The van der Waals surface area contributed by atoms with Crippen LogP contribution in [0.3, 0.4) is 0 Å². The molecule has 0 aliphatic rings. The van der Waals surface area contributed by atoms with Gasteiger partial charge in [0.25, 0.3) is 0 Å². The highest BCUT2D eigenvalue weighted by molar-refractivity contribution is 5.98. The van der Waals surface area contributed by atoms with E-state index in [0.29, 0.717) is 0 Å². The van der Waals surface area contributed by atoms with Crippen molar-refractivity contribution in [2.45, 2.75) is 41.5 Å². The standard InChI is InChI=1S/C11H19N/c1-7-9(4)11(6)12-10(5)8(2)3/h7H,1-6H3/b9-7+,12-11-. The molecule has 0 fully saturated rings. The predicted octanol–water partition coefficient (Wildman–Crippen LogP) is 3.73. The van der Waals surface area contributed by atoms with Gasteiger partial charge in [0.2, 0.25) is 0 Å². The van der Waals surface area contributed by atoms with Gasteiger partial charge in [0.1, 0.15) is 0 Å². The van der Waals surface area contributed by atoms with E-state index in [9.17, 15) is 0 Å². The fourth-order valence-corrected chi connectivity index (χ4v) is 0.660. The van der Waals surface area contributed by atoms with Crippen LogP contribution in [-0.2, 0) is 0 Å². The molecule has 0 saturated carbocycles. The van der Waals surface area contributed by atoms with Crippen LogP contribution in [0, 0.1) is 0 Å². The summed E-state index contributed by atoms with van der Waals surface area (Å²) in [5.74, 6) is 0. The Balaban J connectivity index is 4.70. The minimum atomic E-state index is 1.11. The van der Waals surface area contributed by atoms with Gasteiger partial charge in [0.05, 0.1) is 0 Å². The van der Waals surface area contributed by atoms with Crippen molar-refractivity contribution in [3.8, 4) is 0 Å². The molecule has 0 rings (SSSR count). The minimum absolute atomic E-state index is 1.11. The molecule has 0 spiro atoms. The number of rotatable bonds is 2. The van der Waals surface area contributed by atoms with Crippen LogP contribution >= 0.6 is 0 Å². The lowest BCUT2D eigenvalue weighted by Crippen LogP contribution is -1.93. The number of nitrogens with zero attached hydrogens (tertiary/aromatic N) is 1. The quantitative estimate of drug-likeness (QED) is 0.553. The van der Waals surface area contributed by atoms with Gasteiger partial charge in [-0.05, 0) is 47.1 Å². The van der Waals surface area contributed by atoms with Crippen LogP contribution < -0.4 is 0 Å². The Morgan fingerprint density at radius 2 is 1.50 bits per heavy atom. The summed E-state index contributed by atoms with van der Waals surface area (Å²) in [5, 5.41) is 0. The smallest absolute Gasteiger partial charge is 0.0401 e. The van der Waals surface area contributed by atoms with Crippen molar-refractivity contribution in [3.05, 3.63) is 22.9 Å². The topological polar surface area (TPSA) is 12.4 Å². The fraction of sp³-hybridized carbons (Fsp3) is 0.545.